The molecule has 0 unspecified atom stereocenters. The van der Waals surface area contributed by atoms with Gasteiger partial charge >= 0.3 is 0 Å². The van der Waals surface area contributed by atoms with E-state index >= 15 is 0 Å². The molecule has 124 valence electrons. The minimum atomic E-state index is -0.426. The molecule has 4 rings (SSSR count). The van der Waals surface area contributed by atoms with Gasteiger partial charge in [-0.05, 0) is 43.9 Å². The SMILES string of the molecule is OC1(CN2CCC(Oc3cccc4[nH]ccc34)CC2)CCCC1. The normalized spacial score (nSPS) is 22.7. The van der Waals surface area contributed by atoms with Gasteiger partial charge in [-0.3, -0.25) is 0 Å². The Morgan fingerprint density at radius 2 is 1.96 bits per heavy atom. The number of hydrogen-bond acceptors (Lipinski definition) is 3. The molecule has 4 heteroatoms. The van der Waals surface area contributed by atoms with Crippen LogP contribution in [0, 0.1) is 0 Å². The first-order valence-corrected chi connectivity index (χ1v) is 8.89. The van der Waals surface area contributed by atoms with Crippen LogP contribution in [0.25, 0.3) is 10.9 Å². The highest BCUT2D eigenvalue weighted by Gasteiger charge is 2.34. The van der Waals surface area contributed by atoms with E-state index in [2.05, 4.69) is 28.1 Å². The summed E-state index contributed by atoms with van der Waals surface area (Å²) in [7, 11) is 0. The molecule has 0 atom stereocenters. The molecular formula is C19H26N2O2. The van der Waals surface area contributed by atoms with E-state index in [9.17, 15) is 5.11 Å². The summed E-state index contributed by atoms with van der Waals surface area (Å²) in [6.07, 6.45) is 8.62. The van der Waals surface area contributed by atoms with Crippen LogP contribution in [-0.4, -0.2) is 46.3 Å². The number of piperidine rings is 1. The summed E-state index contributed by atoms with van der Waals surface area (Å²) in [5.74, 6) is 0.983. The second-order valence-corrected chi connectivity index (χ2v) is 7.22. The molecule has 2 heterocycles. The van der Waals surface area contributed by atoms with Crippen LogP contribution in [-0.2, 0) is 0 Å². The van der Waals surface area contributed by atoms with Crippen LogP contribution in [0.5, 0.6) is 5.75 Å². The fraction of sp³-hybridized carbons (Fsp3) is 0.579. The minimum absolute atomic E-state index is 0.282. The van der Waals surface area contributed by atoms with Gasteiger partial charge in [-0.1, -0.05) is 18.9 Å². The first kappa shape index (κ1) is 15.0. The number of fused-ring (bicyclic) bond motifs is 1. The van der Waals surface area contributed by atoms with Crippen molar-refractivity contribution >= 4 is 10.9 Å². The van der Waals surface area contributed by atoms with Crippen molar-refractivity contribution in [1.29, 1.82) is 0 Å². The van der Waals surface area contributed by atoms with Crippen LogP contribution in [0.1, 0.15) is 38.5 Å². The van der Waals surface area contributed by atoms with E-state index in [-0.39, 0.29) is 6.10 Å². The van der Waals surface area contributed by atoms with Gasteiger partial charge in [-0.15, -0.1) is 0 Å². The van der Waals surface area contributed by atoms with E-state index in [1.165, 1.54) is 12.8 Å². The third-order valence-electron chi connectivity index (χ3n) is 5.44. The zero-order chi connectivity index (χ0) is 15.7. The van der Waals surface area contributed by atoms with Crippen LogP contribution >= 0.6 is 0 Å². The largest absolute Gasteiger partial charge is 0.490 e. The van der Waals surface area contributed by atoms with Crippen molar-refractivity contribution in [2.24, 2.45) is 0 Å². The summed E-state index contributed by atoms with van der Waals surface area (Å²) in [6.45, 7) is 2.89. The van der Waals surface area contributed by atoms with Crippen LogP contribution < -0.4 is 4.74 Å². The smallest absolute Gasteiger partial charge is 0.129 e. The molecular weight excluding hydrogens is 288 g/mol. The second kappa shape index (κ2) is 6.17. The molecule has 0 amide bonds. The topological polar surface area (TPSA) is 48.5 Å². The molecule has 1 saturated heterocycles. The van der Waals surface area contributed by atoms with Gasteiger partial charge in [-0.2, -0.15) is 0 Å². The van der Waals surface area contributed by atoms with Gasteiger partial charge in [0.05, 0.1) is 5.60 Å². The first-order valence-electron chi connectivity index (χ1n) is 8.89. The van der Waals surface area contributed by atoms with Gasteiger partial charge in [0.25, 0.3) is 0 Å². The molecule has 0 radical (unpaired) electrons. The molecule has 2 N–H and O–H groups in total. The summed E-state index contributed by atoms with van der Waals surface area (Å²) in [4.78, 5) is 5.65. The number of β-amino-alcohol motifs (C(OH)–C–C–N with tert-alkyl or cyclic N) is 1. The molecule has 2 fully saturated rings. The van der Waals surface area contributed by atoms with Crippen LogP contribution in [0.3, 0.4) is 0 Å². The summed E-state index contributed by atoms with van der Waals surface area (Å²) < 4.78 is 6.26. The fourth-order valence-corrected chi connectivity index (χ4v) is 4.13. The zero-order valence-electron chi connectivity index (χ0n) is 13.6. The monoisotopic (exact) mass is 314 g/mol. The Morgan fingerprint density at radius 3 is 2.74 bits per heavy atom. The minimum Gasteiger partial charge on any atom is -0.490 e. The molecule has 23 heavy (non-hydrogen) atoms. The number of nitrogens with zero attached hydrogens (tertiary/aromatic N) is 1. The number of aromatic nitrogens is 1. The third kappa shape index (κ3) is 3.24. The number of benzene rings is 1. The Balaban J connectivity index is 1.34. The summed E-state index contributed by atoms with van der Waals surface area (Å²) in [5.41, 5.74) is 0.702. The highest BCUT2D eigenvalue weighted by Crippen LogP contribution is 2.32. The maximum Gasteiger partial charge on any atom is 0.129 e. The lowest BCUT2D eigenvalue weighted by atomic mass is 9.99. The number of H-pyrrole nitrogens is 1. The lowest BCUT2D eigenvalue weighted by Gasteiger charge is -2.36. The Bertz CT molecular complexity index is 652. The van der Waals surface area contributed by atoms with Crippen molar-refractivity contribution in [3.05, 3.63) is 30.5 Å². The first-order chi connectivity index (χ1) is 11.2. The van der Waals surface area contributed by atoms with Crippen molar-refractivity contribution < 1.29 is 9.84 Å². The van der Waals surface area contributed by atoms with Gasteiger partial charge in [0, 0.05) is 36.7 Å². The number of aliphatic hydroxyl groups is 1. The number of aromatic amines is 1. The van der Waals surface area contributed by atoms with E-state index in [1.54, 1.807) is 0 Å². The van der Waals surface area contributed by atoms with Crippen molar-refractivity contribution in [2.45, 2.75) is 50.2 Å². The van der Waals surface area contributed by atoms with Crippen molar-refractivity contribution in [3.63, 3.8) is 0 Å². The number of likely N-dealkylation sites (tertiary alicyclic amines) is 1. The summed E-state index contributed by atoms with van der Waals surface area (Å²) in [6, 6.07) is 8.26. The van der Waals surface area contributed by atoms with Gasteiger partial charge in [0.1, 0.15) is 11.9 Å². The molecule has 1 aromatic carbocycles. The van der Waals surface area contributed by atoms with Crippen LogP contribution in [0.4, 0.5) is 0 Å². The predicted molar refractivity (Wildman–Crippen MR) is 91.8 cm³/mol. The molecule has 1 aliphatic heterocycles. The van der Waals surface area contributed by atoms with E-state index in [1.807, 2.05) is 12.3 Å². The Labute approximate surface area is 137 Å². The van der Waals surface area contributed by atoms with E-state index in [0.717, 1.165) is 62.0 Å². The standard InChI is InChI=1S/C19H26N2O2/c22-19(9-1-2-10-19)14-21-12-7-15(8-13-21)23-18-5-3-4-17-16(18)6-11-20-17/h3-6,11,15,20,22H,1-2,7-10,12-14H2. The zero-order valence-corrected chi connectivity index (χ0v) is 13.6. The highest BCUT2D eigenvalue weighted by atomic mass is 16.5. The van der Waals surface area contributed by atoms with Gasteiger partial charge in [0.15, 0.2) is 0 Å². The van der Waals surface area contributed by atoms with E-state index < -0.39 is 5.60 Å². The molecule has 1 aromatic heterocycles. The van der Waals surface area contributed by atoms with Crippen LogP contribution in [0.15, 0.2) is 30.5 Å². The average molecular weight is 314 g/mol. The highest BCUT2D eigenvalue weighted by molar-refractivity contribution is 5.85. The number of rotatable bonds is 4. The molecule has 0 bridgehead atoms. The number of ether oxygens (including phenoxy) is 1. The van der Waals surface area contributed by atoms with E-state index in [0.29, 0.717) is 0 Å². The van der Waals surface area contributed by atoms with Crippen LogP contribution in [0.2, 0.25) is 0 Å². The lowest BCUT2D eigenvalue weighted by molar-refractivity contribution is -0.00671. The fourth-order valence-electron chi connectivity index (χ4n) is 4.13. The Morgan fingerprint density at radius 1 is 1.17 bits per heavy atom. The molecule has 4 nitrogen and oxygen atoms in total. The Hall–Kier alpha value is -1.52. The van der Waals surface area contributed by atoms with Gasteiger partial charge in [-0.25, -0.2) is 0 Å². The second-order valence-electron chi connectivity index (χ2n) is 7.22. The van der Waals surface area contributed by atoms with Crippen molar-refractivity contribution in [1.82, 2.24) is 9.88 Å². The quantitative estimate of drug-likeness (QED) is 0.910. The Kier molecular flexibility index (Phi) is 4.04. The molecule has 1 saturated carbocycles. The van der Waals surface area contributed by atoms with Gasteiger partial charge < -0.3 is 19.7 Å². The third-order valence-corrected chi connectivity index (χ3v) is 5.44. The number of hydrogen-bond donors (Lipinski definition) is 2. The average Bonchev–Trinajstić information content (AvgIpc) is 3.19. The molecule has 1 aliphatic carbocycles. The molecule has 2 aliphatic rings. The molecule has 0 spiro atoms. The predicted octanol–water partition coefficient (Wildman–Crippen LogP) is 3.32. The van der Waals surface area contributed by atoms with Crippen molar-refractivity contribution in [2.75, 3.05) is 19.6 Å². The summed E-state index contributed by atoms with van der Waals surface area (Å²) in [5, 5.41) is 11.7. The van der Waals surface area contributed by atoms with E-state index in [4.69, 9.17) is 4.74 Å². The van der Waals surface area contributed by atoms with Crippen molar-refractivity contribution in [3.8, 4) is 5.75 Å². The molecule has 2 aromatic rings. The van der Waals surface area contributed by atoms with Gasteiger partial charge in [0.2, 0.25) is 0 Å². The number of nitrogens with one attached hydrogen (secondary N) is 1. The lowest BCUT2D eigenvalue weighted by Crippen LogP contribution is -2.46. The maximum absolute atomic E-state index is 10.6. The summed E-state index contributed by atoms with van der Waals surface area (Å²) >= 11 is 0. The maximum atomic E-state index is 10.6.